The lowest BCUT2D eigenvalue weighted by Gasteiger charge is -2.24. The van der Waals surface area contributed by atoms with E-state index >= 15 is 0 Å². The van der Waals surface area contributed by atoms with Gasteiger partial charge >= 0.3 is 0 Å². The molecule has 0 aliphatic carbocycles. The van der Waals surface area contributed by atoms with Gasteiger partial charge in [-0.05, 0) is 48.2 Å². The summed E-state index contributed by atoms with van der Waals surface area (Å²) in [6.07, 6.45) is 1.81. The molecular weight excluding hydrogens is 150 g/mol. The first-order chi connectivity index (χ1) is 5.43. The Morgan fingerprint density at radius 3 is 1.92 bits per heavy atom. The van der Waals surface area contributed by atoms with E-state index in [1.165, 1.54) is 0 Å². The summed E-state index contributed by atoms with van der Waals surface area (Å²) in [5, 5.41) is 0. The first kappa shape index (κ1) is 11.9. The van der Waals surface area contributed by atoms with Crippen molar-refractivity contribution in [1.82, 2.24) is 4.90 Å². The molecule has 0 bridgehead atoms. The van der Waals surface area contributed by atoms with Gasteiger partial charge in [-0.1, -0.05) is 0 Å². The number of rotatable bonds is 5. The third-order valence-electron chi connectivity index (χ3n) is 2.06. The lowest BCUT2D eigenvalue weighted by atomic mass is 10.1. The highest BCUT2D eigenvalue weighted by atomic mass is 16.5. The highest BCUT2D eigenvalue weighted by Gasteiger charge is 2.11. The van der Waals surface area contributed by atoms with Crippen molar-refractivity contribution in [3.8, 4) is 0 Å². The molecule has 0 aliphatic rings. The number of ether oxygens (including phenoxy) is 1. The van der Waals surface area contributed by atoms with Crippen LogP contribution in [0.25, 0.3) is 0 Å². The second-order valence-electron chi connectivity index (χ2n) is 4.04. The topological polar surface area (TPSA) is 12.5 Å². The van der Waals surface area contributed by atoms with E-state index in [0.29, 0.717) is 18.2 Å². The third kappa shape index (κ3) is 5.56. The Morgan fingerprint density at radius 1 is 1.08 bits per heavy atom. The molecule has 0 heterocycles. The van der Waals surface area contributed by atoms with Crippen molar-refractivity contribution in [2.24, 2.45) is 0 Å². The Kier molecular flexibility index (Phi) is 5.51. The molecule has 2 atom stereocenters. The largest absolute Gasteiger partial charge is 0.376 e. The van der Waals surface area contributed by atoms with Crippen molar-refractivity contribution in [3.05, 3.63) is 0 Å². The maximum absolute atomic E-state index is 5.64. The fourth-order valence-corrected chi connectivity index (χ4v) is 1.21. The lowest BCUT2D eigenvalue weighted by Crippen LogP contribution is -2.29. The molecular formula is C10H23NO. The Morgan fingerprint density at radius 2 is 1.58 bits per heavy atom. The predicted octanol–water partition coefficient (Wildman–Crippen LogP) is 2.14. The van der Waals surface area contributed by atoms with Crippen LogP contribution in [0.5, 0.6) is 0 Å². The molecule has 0 N–H and O–H groups in total. The molecule has 0 saturated heterocycles. The standard InChI is InChI=1S/C10H23NO/c1-8(2)12-10(4)7-9(3)11(5)6/h8-10H,7H2,1-6H3. The molecule has 2 unspecified atom stereocenters. The van der Waals surface area contributed by atoms with Crippen molar-refractivity contribution in [2.75, 3.05) is 14.1 Å². The van der Waals surface area contributed by atoms with E-state index in [-0.39, 0.29) is 0 Å². The van der Waals surface area contributed by atoms with Crippen molar-refractivity contribution in [2.45, 2.75) is 52.4 Å². The van der Waals surface area contributed by atoms with Gasteiger partial charge in [0.1, 0.15) is 0 Å². The lowest BCUT2D eigenvalue weighted by molar-refractivity contribution is 0.00364. The van der Waals surface area contributed by atoms with Crippen LogP contribution in [-0.4, -0.2) is 37.2 Å². The van der Waals surface area contributed by atoms with Crippen LogP contribution in [0.2, 0.25) is 0 Å². The van der Waals surface area contributed by atoms with Crippen LogP contribution < -0.4 is 0 Å². The van der Waals surface area contributed by atoms with Gasteiger partial charge in [-0.2, -0.15) is 0 Å². The minimum absolute atomic E-state index is 0.342. The maximum atomic E-state index is 5.64. The van der Waals surface area contributed by atoms with E-state index in [9.17, 15) is 0 Å². The molecule has 2 heteroatoms. The minimum Gasteiger partial charge on any atom is -0.376 e. The van der Waals surface area contributed by atoms with Crippen LogP contribution in [0.1, 0.15) is 34.1 Å². The maximum Gasteiger partial charge on any atom is 0.0565 e. The van der Waals surface area contributed by atoms with Gasteiger partial charge in [0.2, 0.25) is 0 Å². The molecule has 0 rings (SSSR count). The summed E-state index contributed by atoms with van der Waals surface area (Å²) in [5.41, 5.74) is 0. The second-order valence-corrected chi connectivity index (χ2v) is 4.04. The molecule has 74 valence electrons. The van der Waals surface area contributed by atoms with E-state index in [0.717, 1.165) is 6.42 Å². The summed E-state index contributed by atoms with van der Waals surface area (Å²) < 4.78 is 5.64. The van der Waals surface area contributed by atoms with E-state index in [1.807, 2.05) is 0 Å². The van der Waals surface area contributed by atoms with Crippen molar-refractivity contribution in [3.63, 3.8) is 0 Å². The van der Waals surface area contributed by atoms with Crippen LogP contribution in [0.15, 0.2) is 0 Å². The molecule has 0 aliphatic heterocycles. The number of nitrogens with zero attached hydrogens (tertiary/aromatic N) is 1. The van der Waals surface area contributed by atoms with E-state index < -0.39 is 0 Å². The zero-order valence-electron chi connectivity index (χ0n) is 9.29. The molecule has 12 heavy (non-hydrogen) atoms. The molecule has 2 nitrogen and oxygen atoms in total. The third-order valence-corrected chi connectivity index (χ3v) is 2.06. The highest BCUT2D eigenvalue weighted by molar-refractivity contribution is 4.64. The Labute approximate surface area is 76.9 Å². The second kappa shape index (κ2) is 5.55. The number of hydrogen-bond donors (Lipinski definition) is 0. The van der Waals surface area contributed by atoms with Gasteiger partial charge in [0.15, 0.2) is 0 Å². The predicted molar refractivity (Wildman–Crippen MR) is 53.4 cm³/mol. The Hall–Kier alpha value is -0.0800. The SMILES string of the molecule is CC(C)OC(C)CC(C)N(C)C. The molecule has 0 aromatic carbocycles. The summed E-state index contributed by atoms with van der Waals surface area (Å²) in [5.74, 6) is 0. The zero-order valence-corrected chi connectivity index (χ0v) is 9.29. The van der Waals surface area contributed by atoms with Crippen molar-refractivity contribution in [1.29, 1.82) is 0 Å². The summed E-state index contributed by atoms with van der Waals surface area (Å²) in [4.78, 5) is 2.22. The van der Waals surface area contributed by atoms with Crippen LogP contribution in [-0.2, 0) is 4.74 Å². The quantitative estimate of drug-likeness (QED) is 0.631. The fourth-order valence-electron chi connectivity index (χ4n) is 1.21. The molecule has 0 saturated carbocycles. The van der Waals surface area contributed by atoms with E-state index in [2.05, 4.69) is 46.7 Å². The normalized spacial score (nSPS) is 17.0. The van der Waals surface area contributed by atoms with Crippen molar-refractivity contribution < 1.29 is 4.74 Å². The minimum atomic E-state index is 0.342. The van der Waals surface area contributed by atoms with E-state index in [4.69, 9.17) is 4.74 Å². The van der Waals surface area contributed by atoms with Gasteiger partial charge in [-0.15, -0.1) is 0 Å². The number of hydrogen-bond acceptors (Lipinski definition) is 2. The van der Waals surface area contributed by atoms with Crippen LogP contribution >= 0.6 is 0 Å². The van der Waals surface area contributed by atoms with Gasteiger partial charge < -0.3 is 9.64 Å². The van der Waals surface area contributed by atoms with Gasteiger partial charge in [0.05, 0.1) is 12.2 Å². The van der Waals surface area contributed by atoms with Crippen LogP contribution in [0, 0.1) is 0 Å². The molecule has 0 spiro atoms. The highest BCUT2D eigenvalue weighted by Crippen LogP contribution is 2.07. The van der Waals surface area contributed by atoms with Crippen LogP contribution in [0.4, 0.5) is 0 Å². The molecule has 0 aromatic heterocycles. The molecule has 0 fully saturated rings. The van der Waals surface area contributed by atoms with Gasteiger partial charge in [-0.3, -0.25) is 0 Å². The summed E-state index contributed by atoms with van der Waals surface area (Å²) in [6.45, 7) is 8.52. The Balaban J connectivity index is 3.61. The smallest absolute Gasteiger partial charge is 0.0565 e. The summed E-state index contributed by atoms with van der Waals surface area (Å²) in [6, 6.07) is 0.596. The summed E-state index contributed by atoms with van der Waals surface area (Å²) in [7, 11) is 4.21. The summed E-state index contributed by atoms with van der Waals surface area (Å²) >= 11 is 0. The van der Waals surface area contributed by atoms with Gasteiger partial charge in [0.25, 0.3) is 0 Å². The first-order valence-corrected chi connectivity index (χ1v) is 4.75. The monoisotopic (exact) mass is 173 g/mol. The zero-order chi connectivity index (χ0) is 9.72. The fraction of sp³-hybridized carbons (Fsp3) is 1.00. The average molecular weight is 173 g/mol. The first-order valence-electron chi connectivity index (χ1n) is 4.75. The molecule has 0 radical (unpaired) electrons. The van der Waals surface area contributed by atoms with Gasteiger partial charge in [0, 0.05) is 6.04 Å². The average Bonchev–Trinajstić information content (AvgIpc) is 1.84. The van der Waals surface area contributed by atoms with Crippen LogP contribution in [0.3, 0.4) is 0 Å². The van der Waals surface area contributed by atoms with Gasteiger partial charge in [-0.25, -0.2) is 0 Å². The van der Waals surface area contributed by atoms with E-state index in [1.54, 1.807) is 0 Å². The van der Waals surface area contributed by atoms with Crippen molar-refractivity contribution >= 4 is 0 Å². The Bertz CT molecular complexity index is 112. The molecule has 0 amide bonds. The molecule has 0 aromatic rings.